The first-order chi connectivity index (χ1) is 8.65. The van der Waals surface area contributed by atoms with Crippen LogP contribution < -0.4 is 9.47 Å². The quantitative estimate of drug-likeness (QED) is 0.931. The molecule has 0 aliphatic carbocycles. The van der Waals surface area contributed by atoms with E-state index in [2.05, 4.69) is 15.9 Å². The fourth-order valence-corrected chi connectivity index (χ4v) is 3.12. The van der Waals surface area contributed by atoms with Crippen molar-refractivity contribution in [2.24, 2.45) is 0 Å². The van der Waals surface area contributed by atoms with Gasteiger partial charge >= 0.3 is 0 Å². The Morgan fingerprint density at radius 1 is 1.22 bits per heavy atom. The van der Waals surface area contributed by atoms with Crippen LogP contribution >= 0.6 is 27.3 Å². The van der Waals surface area contributed by atoms with Crippen LogP contribution in [0.15, 0.2) is 34.1 Å². The third-order valence-electron chi connectivity index (χ3n) is 2.59. The second-order valence-electron chi connectivity index (χ2n) is 3.68. The van der Waals surface area contributed by atoms with Crippen molar-refractivity contribution in [3.05, 3.63) is 44.6 Å². The number of benzene rings is 1. The molecule has 1 aromatic carbocycles. The van der Waals surface area contributed by atoms with E-state index in [1.165, 1.54) is 11.3 Å². The van der Waals surface area contributed by atoms with Crippen LogP contribution in [0.4, 0.5) is 0 Å². The van der Waals surface area contributed by atoms with Gasteiger partial charge in [-0.3, -0.25) is 0 Å². The maximum absolute atomic E-state index is 10.3. The molecule has 1 aromatic heterocycles. The standard InChI is InChI=1S/C13H13BrO3S/c1-16-9-3-4-10(11(6-9)17-2)13(15)12-5-8(14)7-18-12/h3-7,13,15H,1-2H3. The molecule has 1 heterocycles. The number of aliphatic hydroxyl groups excluding tert-OH is 1. The summed E-state index contributed by atoms with van der Waals surface area (Å²) in [7, 11) is 3.18. The van der Waals surface area contributed by atoms with Crippen molar-refractivity contribution in [3.63, 3.8) is 0 Å². The molecule has 0 saturated heterocycles. The molecule has 0 aliphatic heterocycles. The number of aliphatic hydroxyl groups is 1. The Bertz CT molecular complexity index is 539. The van der Waals surface area contributed by atoms with Gasteiger partial charge in [-0.15, -0.1) is 11.3 Å². The molecule has 0 spiro atoms. The molecule has 3 nitrogen and oxygen atoms in total. The first-order valence-corrected chi connectivity index (χ1v) is 6.97. The van der Waals surface area contributed by atoms with Gasteiger partial charge in [0.2, 0.25) is 0 Å². The first kappa shape index (κ1) is 13.4. The van der Waals surface area contributed by atoms with Crippen molar-refractivity contribution in [1.82, 2.24) is 0 Å². The maximum atomic E-state index is 10.3. The Balaban J connectivity index is 2.38. The van der Waals surface area contributed by atoms with Gasteiger partial charge < -0.3 is 14.6 Å². The summed E-state index contributed by atoms with van der Waals surface area (Å²) in [4.78, 5) is 0.866. The van der Waals surface area contributed by atoms with E-state index >= 15 is 0 Å². The lowest BCUT2D eigenvalue weighted by Gasteiger charge is -2.14. The predicted octanol–water partition coefficient (Wildman–Crippen LogP) is 3.61. The van der Waals surface area contributed by atoms with Crippen molar-refractivity contribution in [2.75, 3.05) is 14.2 Å². The monoisotopic (exact) mass is 328 g/mol. The molecule has 5 heteroatoms. The molecule has 0 aliphatic rings. The average molecular weight is 329 g/mol. The number of ether oxygens (including phenoxy) is 2. The minimum Gasteiger partial charge on any atom is -0.497 e. The molecule has 0 radical (unpaired) electrons. The molecule has 96 valence electrons. The molecular formula is C13H13BrO3S. The van der Waals surface area contributed by atoms with Crippen molar-refractivity contribution in [1.29, 1.82) is 0 Å². The lowest BCUT2D eigenvalue weighted by Crippen LogP contribution is -2.01. The largest absolute Gasteiger partial charge is 0.497 e. The van der Waals surface area contributed by atoms with Gasteiger partial charge in [-0.25, -0.2) is 0 Å². The summed E-state index contributed by atoms with van der Waals surface area (Å²) < 4.78 is 11.4. The highest BCUT2D eigenvalue weighted by atomic mass is 79.9. The van der Waals surface area contributed by atoms with E-state index in [0.29, 0.717) is 11.5 Å². The molecular weight excluding hydrogens is 316 g/mol. The van der Waals surface area contributed by atoms with Gasteiger partial charge in [0.25, 0.3) is 0 Å². The predicted molar refractivity (Wildman–Crippen MR) is 75.6 cm³/mol. The Morgan fingerprint density at radius 2 is 2.00 bits per heavy atom. The fraction of sp³-hybridized carbons (Fsp3) is 0.231. The molecule has 1 atom stereocenters. The second kappa shape index (κ2) is 5.73. The minimum atomic E-state index is -0.692. The average Bonchev–Trinajstić information content (AvgIpc) is 2.83. The summed E-state index contributed by atoms with van der Waals surface area (Å²) in [5.41, 5.74) is 0.729. The smallest absolute Gasteiger partial charge is 0.128 e. The van der Waals surface area contributed by atoms with Crippen molar-refractivity contribution >= 4 is 27.3 Å². The van der Waals surface area contributed by atoms with Gasteiger partial charge in [-0.2, -0.15) is 0 Å². The van der Waals surface area contributed by atoms with E-state index in [-0.39, 0.29) is 0 Å². The Kier molecular flexibility index (Phi) is 4.27. The van der Waals surface area contributed by atoms with E-state index in [1.54, 1.807) is 20.3 Å². The van der Waals surface area contributed by atoms with Crippen molar-refractivity contribution in [2.45, 2.75) is 6.10 Å². The van der Waals surface area contributed by atoms with Gasteiger partial charge in [0.05, 0.1) is 14.2 Å². The van der Waals surface area contributed by atoms with Crippen molar-refractivity contribution in [3.8, 4) is 11.5 Å². The number of methoxy groups -OCH3 is 2. The summed E-state index contributed by atoms with van der Waals surface area (Å²) >= 11 is 4.88. The molecule has 1 N–H and O–H groups in total. The number of thiophene rings is 1. The normalized spacial score (nSPS) is 12.2. The molecule has 0 saturated carbocycles. The van der Waals surface area contributed by atoms with Crippen molar-refractivity contribution < 1.29 is 14.6 Å². The molecule has 0 bridgehead atoms. The number of halogens is 1. The van der Waals surface area contributed by atoms with E-state index in [0.717, 1.165) is 14.9 Å². The van der Waals surface area contributed by atoms with E-state index in [1.807, 2.05) is 23.6 Å². The SMILES string of the molecule is COc1ccc(C(O)c2cc(Br)cs2)c(OC)c1. The first-order valence-electron chi connectivity index (χ1n) is 5.29. The van der Waals surface area contributed by atoms with Crippen LogP contribution in [0.25, 0.3) is 0 Å². The topological polar surface area (TPSA) is 38.7 Å². The van der Waals surface area contributed by atoms with Crippen LogP contribution in [0, 0.1) is 0 Å². The highest BCUT2D eigenvalue weighted by molar-refractivity contribution is 9.10. The molecule has 0 fully saturated rings. The van der Waals surface area contributed by atoms with Gasteiger partial charge in [0.1, 0.15) is 17.6 Å². The van der Waals surface area contributed by atoms with Crippen LogP contribution in [-0.4, -0.2) is 19.3 Å². The lowest BCUT2D eigenvalue weighted by atomic mass is 10.1. The summed E-state index contributed by atoms with van der Waals surface area (Å²) in [5.74, 6) is 1.32. The Morgan fingerprint density at radius 3 is 2.56 bits per heavy atom. The van der Waals surface area contributed by atoms with Crippen LogP contribution in [-0.2, 0) is 0 Å². The zero-order chi connectivity index (χ0) is 13.1. The Labute approximate surface area is 118 Å². The third kappa shape index (κ3) is 2.68. The summed E-state index contributed by atoms with van der Waals surface area (Å²) in [5, 5.41) is 12.3. The maximum Gasteiger partial charge on any atom is 0.128 e. The minimum absolute atomic E-state index is 0.617. The van der Waals surface area contributed by atoms with Gasteiger partial charge in [0, 0.05) is 26.4 Å². The molecule has 18 heavy (non-hydrogen) atoms. The second-order valence-corrected chi connectivity index (χ2v) is 5.54. The molecule has 0 amide bonds. The molecule has 2 aromatic rings. The van der Waals surface area contributed by atoms with Crippen LogP contribution in [0.3, 0.4) is 0 Å². The van der Waals surface area contributed by atoms with Crippen LogP contribution in [0.2, 0.25) is 0 Å². The van der Waals surface area contributed by atoms with Gasteiger partial charge in [-0.1, -0.05) is 0 Å². The number of hydrogen-bond donors (Lipinski definition) is 1. The number of rotatable bonds is 4. The van der Waals surface area contributed by atoms with Gasteiger partial charge in [0.15, 0.2) is 0 Å². The lowest BCUT2D eigenvalue weighted by molar-refractivity contribution is 0.218. The van der Waals surface area contributed by atoms with Crippen LogP contribution in [0.1, 0.15) is 16.5 Å². The number of hydrogen-bond acceptors (Lipinski definition) is 4. The zero-order valence-electron chi connectivity index (χ0n) is 10.0. The Hall–Kier alpha value is -1.04. The zero-order valence-corrected chi connectivity index (χ0v) is 12.4. The summed E-state index contributed by atoms with van der Waals surface area (Å²) in [6.45, 7) is 0. The highest BCUT2D eigenvalue weighted by Gasteiger charge is 2.17. The van der Waals surface area contributed by atoms with E-state index in [9.17, 15) is 5.11 Å². The molecule has 1 unspecified atom stereocenters. The fourth-order valence-electron chi connectivity index (χ4n) is 1.67. The van der Waals surface area contributed by atoms with E-state index in [4.69, 9.17) is 9.47 Å². The highest BCUT2D eigenvalue weighted by Crippen LogP contribution is 2.36. The molecule has 2 rings (SSSR count). The van der Waals surface area contributed by atoms with Crippen LogP contribution in [0.5, 0.6) is 11.5 Å². The summed E-state index contributed by atoms with van der Waals surface area (Å²) in [6, 6.07) is 7.29. The third-order valence-corrected chi connectivity index (χ3v) is 4.34. The summed E-state index contributed by atoms with van der Waals surface area (Å²) in [6.07, 6.45) is -0.692. The van der Waals surface area contributed by atoms with E-state index < -0.39 is 6.10 Å². The van der Waals surface area contributed by atoms with Gasteiger partial charge in [-0.05, 0) is 34.1 Å².